The molecule has 4 nitrogen and oxygen atoms in total. The third kappa shape index (κ3) is 3.96. The van der Waals surface area contributed by atoms with Crippen LogP contribution in [0.5, 0.6) is 0 Å². The van der Waals surface area contributed by atoms with Crippen LogP contribution in [0.2, 0.25) is 0 Å². The van der Waals surface area contributed by atoms with Crippen molar-refractivity contribution in [2.75, 3.05) is 18.4 Å². The molecule has 20 heavy (non-hydrogen) atoms. The van der Waals surface area contributed by atoms with Crippen LogP contribution in [0.3, 0.4) is 0 Å². The molecule has 0 atom stereocenters. The number of anilines is 1. The maximum absolute atomic E-state index is 4.31. The van der Waals surface area contributed by atoms with Gasteiger partial charge < -0.3 is 10.6 Å². The number of nitrogens with one attached hydrogen (secondary N) is 2. The predicted octanol–water partition coefficient (Wildman–Crippen LogP) is 2.58. The Bertz CT molecular complexity index is 531. The van der Waals surface area contributed by atoms with E-state index in [2.05, 4.69) is 53.5 Å². The topological polar surface area (TPSA) is 41.9 Å². The first-order valence-electron chi connectivity index (χ1n) is 6.93. The van der Waals surface area contributed by atoms with Gasteiger partial charge >= 0.3 is 0 Å². The Morgan fingerprint density at radius 2 is 2.05 bits per heavy atom. The molecule has 1 aromatic heterocycles. The molecule has 0 fully saturated rings. The number of aryl methyl sites for hydroxylation is 1. The molecule has 2 rings (SSSR count). The van der Waals surface area contributed by atoms with Crippen molar-refractivity contribution in [2.24, 2.45) is 0 Å². The van der Waals surface area contributed by atoms with Gasteiger partial charge in [-0.25, -0.2) is 4.68 Å². The van der Waals surface area contributed by atoms with Crippen molar-refractivity contribution in [3.8, 4) is 0 Å². The van der Waals surface area contributed by atoms with Gasteiger partial charge in [-0.1, -0.05) is 36.4 Å². The molecule has 0 bridgehead atoms. The molecule has 4 heteroatoms. The predicted molar refractivity (Wildman–Crippen MR) is 83.8 cm³/mol. The van der Waals surface area contributed by atoms with Gasteiger partial charge in [0.05, 0.1) is 12.7 Å². The maximum atomic E-state index is 4.31. The average Bonchev–Trinajstić information content (AvgIpc) is 2.81. The zero-order chi connectivity index (χ0) is 14.2. The summed E-state index contributed by atoms with van der Waals surface area (Å²) in [6.45, 7) is 9.22. The van der Waals surface area contributed by atoms with Crippen molar-refractivity contribution in [1.29, 1.82) is 0 Å². The van der Waals surface area contributed by atoms with Crippen LogP contribution in [0.15, 0.2) is 49.2 Å². The Balaban J connectivity index is 1.73. The molecule has 2 aromatic rings. The summed E-state index contributed by atoms with van der Waals surface area (Å²) in [6.07, 6.45) is 3.73. The van der Waals surface area contributed by atoms with Gasteiger partial charge in [-0.2, -0.15) is 5.10 Å². The molecular formula is C16H22N4. The summed E-state index contributed by atoms with van der Waals surface area (Å²) in [4.78, 5) is 0. The number of nitrogens with zero attached hydrogens (tertiary/aromatic N) is 2. The fourth-order valence-corrected chi connectivity index (χ4v) is 2.07. The van der Waals surface area contributed by atoms with E-state index in [-0.39, 0.29) is 0 Å². The minimum atomic E-state index is 0.730. The van der Waals surface area contributed by atoms with Crippen molar-refractivity contribution in [3.63, 3.8) is 0 Å². The monoisotopic (exact) mass is 270 g/mol. The average molecular weight is 270 g/mol. The molecule has 1 aromatic carbocycles. The van der Waals surface area contributed by atoms with Crippen LogP contribution in [-0.4, -0.2) is 22.9 Å². The lowest BCUT2D eigenvalue weighted by Gasteiger charge is -2.10. The van der Waals surface area contributed by atoms with E-state index in [4.69, 9.17) is 0 Å². The van der Waals surface area contributed by atoms with Gasteiger partial charge in [0.25, 0.3) is 0 Å². The highest BCUT2D eigenvalue weighted by Crippen LogP contribution is 2.13. The highest BCUT2D eigenvalue weighted by Gasteiger charge is 2.04. The Labute approximate surface area is 120 Å². The highest BCUT2D eigenvalue weighted by molar-refractivity contribution is 5.43. The van der Waals surface area contributed by atoms with E-state index in [9.17, 15) is 0 Å². The number of allylic oxidation sites excluding steroid dienone is 1. The zero-order valence-electron chi connectivity index (χ0n) is 12.0. The van der Waals surface area contributed by atoms with Crippen LogP contribution in [0.25, 0.3) is 0 Å². The van der Waals surface area contributed by atoms with Crippen molar-refractivity contribution >= 4 is 5.82 Å². The van der Waals surface area contributed by atoms with E-state index < -0.39 is 0 Å². The molecule has 106 valence electrons. The molecule has 2 N–H and O–H groups in total. The molecule has 0 aliphatic rings. The lowest BCUT2D eigenvalue weighted by Crippen LogP contribution is -2.23. The van der Waals surface area contributed by atoms with E-state index in [0.29, 0.717) is 0 Å². The van der Waals surface area contributed by atoms with Gasteiger partial charge in [0.1, 0.15) is 5.82 Å². The van der Waals surface area contributed by atoms with Gasteiger partial charge in [-0.05, 0) is 12.5 Å². The summed E-state index contributed by atoms with van der Waals surface area (Å²) < 4.78 is 1.93. The van der Waals surface area contributed by atoms with E-state index in [1.807, 2.05) is 23.0 Å². The number of aromatic nitrogens is 2. The molecule has 0 aliphatic carbocycles. The van der Waals surface area contributed by atoms with Gasteiger partial charge in [0.15, 0.2) is 0 Å². The summed E-state index contributed by atoms with van der Waals surface area (Å²) in [5, 5.41) is 11.2. The minimum Gasteiger partial charge on any atom is -0.369 e. The third-order valence-electron chi connectivity index (χ3n) is 3.09. The van der Waals surface area contributed by atoms with Crippen LogP contribution < -0.4 is 10.6 Å². The summed E-state index contributed by atoms with van der Waals surface area (Å²) >= 11 is 0. The smallest absolute Gasteiger partial charge is 0.127 e. The Kier molecular flexibility index (Phi) is 5.38. The van der Waals surface area contributed by atoms with Crippen LogP contribution in [0.1, 0.15) is 11.1 Å². The molecular weight excluding hydrogens is 248 g/mol. The second kappa shape index (κ2) is 7.50. The zero-order valence-corrected chi connectivity index (χ0v) is 12.0. The molecule has 0 saturated carbocycles. The van der Waals surface area contributed by atoms with Crippen molar-refractivity contribution < 1.29 is 0 Å². The Morgan fingerprint density at radius 1 is 1.25 bits per heavy atom. The molecule has 0 aliphatic heterocycles. The highest BCUT2D eigenvalue weighted by atomic mass is 15.3. The maximum Gasteiger partial charge on any atom is 0.127 e. The second-order valence-corrected chi connectivity index (χ2v) is 4.74. The quantitative estimate of drug-likeness (QED) is 0.572. The molecule has 0 spiro atoms. The van der Waals surface area contributed by atoms with Crippen LogP contribution in [0.4, 0.5) is 5.82 Å². The molecule has 0 radical (unpaired) electrons. The molecule has 0 saturated heterocycles. The second-order valence-electron chi connectivity index (χ2n) is 4.74. The van der Waals surface area contributed by atoms with Crippen molar-refractivity contribution in [1.82, 2.24) is 15.1 Å². The van der Waals surface area contributed by atoms with Gasteiger partial charge in [-0.15, -0.1) is 6.58 Å². The molecule has 0 unspecified atom stereocenters. The fourth-order valence-electron chi connectivity index (χ4n) is 2.07. The lowest BCUT2D eigenvalue weighted by atomic mass is 10.2. The van der Waals surface area contributed by atoms with Crippen LogP contribution in [-0.2, 0) is 13.1 Å². The summed E-state index contributed by atoms with van der Waals surface area (Å²) in [7, 11) is 0. The van der Waals surface area contributed by atoms with E-state index in [1.54, 1.807) is 0 Å². The first-order valence-corrected chi connectivity index (χ1v) is 6.93. The number of rotatable bonds is 8. The summed E-state index contributed by atoms with van der Waals surface area (Å²) in [6, 6.07) is 10.4. The Morgan fingerprint density at radius 3 is 2.80 bits per heavy atom. The molecule has 0 amide bonds. The van der Waals surface area contributed by atoms with E-state index in [1.165, 1.54) is 5.56 Å². The third-order valence-corrected chi connectivity index (χ3v) is 3.09. The van der Waals surface area contributed by atoms with Crippen LogP contribution in [0, 0.1) is 6.92 Å². The number of hydrogen-bond acceptors (Lipinski definition) is 3. The summed E-state index contributed by atoms with van der Waals surface area (Å²) in [5.41, 5.74) is 2.47. The minimum absolute atomic E-state index is 0.730. The molecule has 1 heterocycles. The van der Waals surface area contributed by atoms with Crippen LogP contribution >= 0.6 is 0 Å². The SMILES string of the molecule is C=CCn1ncc(C)c1NCCNCc1ccccc1. The lowest BCUT2D eigenvalue weighted by molar-refractivity contribution is 0.684. The Hall–Kier alpha value is -2.07. The first-order chi connectivity index (χ1) is 9.81. The van der Waals surface area contributed by atoms with Crippen molar-refractivity contribution in [3.05, 3.63) is 60.3 Å². The van der Waals surface area contributed by atoms with Gasteiger partial charge in [0, 0.05) is 25.2 Å². The van der Waals surface area contributed by atoms with E-state index in [0.717, 1.165) is 37.6 Å². The van der Waals surface area contributed by atoms with Gasteiger partial charge in [-0.3, -0.25) is 0 Å². The fraction of sp³-hybridized carbons (Fsp3) is 0.312. The van der Waals surface area contributed by atoms with E-state index >= 15 is 0 Å². The van der Waals surface area contributed by atoms with Crippen molar-refractivity contribution in [2.45, 2.75) is 20.0 Å². The summed E-state index contributed by atoms with van der Waals surface area (Å²) in [5.74, 6) is 1.08. The normalized spacial score (nSPS) is 10.4. The van der Waals surface area contributed by atoms with Gasteiger partial charge in [0.2, 0.25) is 0 Å². The first kappa shape index (κ1) is 14.3. The number of hydrogen-bond donors (Lipinski definition) is 2. The largest absolute Gasteiger partial charge is 0.369 e. The number of benzene rings is 1. The standard InChI is InChI=1S/C16H22N4/c1-3-11-20-16(14(2)12-19-20)18-10-9-17-13-15-7-5-4-6-8-15/h3-8,12,17-18H,1,9-11,13H2,2H3.